The lowest BCUT2D eigenvalue weighted by Crippen LogP contribution is -1.95. The molecule has 1 aromatic carbocycles. The number of rotatable bonds is 3. The summed E-state index contributed by atoms with van der Waals surface area (Å²) in [6.45, 7) is 0. The Labute approximate surface area is 106 Å². The first-order valence-electron chi connectivity index (χ1n) is 4.38. The van der Waals surface area contributed by atoms with E-state index in [-0.39, 0.29) is 22.5 Å². The summed E-state index contributed by atoms with van der Waals surface area (Å²) in [7, 11) is 0. The van der Waals surface area contributed by atoms with Gasteiger partial charge in [-0.1, -0.05) is 29.3 Å². The summed E-state index contributed by atoms with van der Waals surface area (Å²) >= 11 is 11.6. The van der Waals surface area contributed by atoms with Crippen molar-refractivity contribution >= 4 is 29.2 Å². The second-order valence-electron chi connectivity index (χ2n) is 2.96. The van der Waals surface area contributed by atoms with E-state index in [1.807, 2.05) is 0 Å². The zero-order valence-corrected chi connectivity index (χ0v) is 9.70. The third-order valence-electron chi connectivity index (χ3n) is 1.82. The topological polar surface area (TPSA) is 72.6 Å². The molecule has 0 aliphatic carbocycles. The van der Waals surface area contributed by atoms with E-state index in [2.05, 4.69) is 4.98 Å². The highest BCUT2D eigenvalue weighted by Crippen LogP contribution is 2.34. The number of nitrogens with zero attached hydrogens (tertiary/aromatic N) is 1. The van der Waals surface area contributed by atoms with Crippen molar-refractivity contribution in [3.05, 3.63) is 40.2 Å². The molecule has 1 N–H and O–H groups in total. The summed E-state index contributed by atoms with van der Waals surface area (Å²) in [5.41, 5.74) is -0.252. The minimum absolute atomic E-state index is 0.198. The molecule has 0 saturated carbocycles. The van der Waals surface area contributed by atoms with Crippen LogP contribution < -0.4 is 4.74 Å². The molecule has 0 saturated heterocycles. The molecule has 17 heavy (non-hydrogen) atoms. The second-order valence-corrected chi connectivity index (χ2v) is 3.74. The largest absolute Gasteiger partial charge is 0.476 e. The lowest BCUT2D eigenvalue weighted by molar-refractivity contribution is 0.0690. The van der Waals surface area contributed by atoms with Crippen molar-refractivity contribution in [2.24, 2.45) is 0 Å². The second kappa shape index (κ2) is 4.65. The van der Waals surface area contributed by atoms with E-state index in [9.17, 15) is 4.79 Å². The lowest BCUT2D eigenvalue weighted by Gasteiger charge is -2.03. The number of carbonyl (C=O) groups is 1. The van der Waals surface area contributed by atoms with Gasteiger partial charge < -0.3 is 14.3 Å². The van der Waals surface area contributed by atoms with Crippen LogP contribution in [-0.4, -0.2) is 16.1 Å². The van der Waals surface area contributed by atoms with Gasteiger partial charge in [0.2, 0.25) is 0 Å². The molecule has 0 amide bonds. The standard InChI is InChI=1S/C10H5Cl2NO4/c11-5-2-1-3-7(8(5)12)17-10-13-6(4-16-10)9(14)15/h1-4H,(H,14,15). The van der Waals surface area contributed by atoms with Crippen LogP contribution in [-0.2, 0) is 0 Å². The van der Waals surface area contributed by atoms with Crippen molar-refractivity contribution in [2.75, 3.05) is 0 Å². The molecule has 0 fully saturated rings. The molecule has 5 nitrogen and oxygen atoms in total. The summed E-state index contributed by atoms with van der Waals surface area (Å²) in [5.74, 6) is -0.973. The molecule has 0 spiro atoms. The first-order valence-corrected chi connectivity index (χ1v) is 5.14. The molecule has 0 radical (unpaired) electrons. The number of carboxylic acids is 1. The molecule has 0 unspecified atom stereocenters. The number of aromatic nitrogens is 1. The summed E-state index contributed by atoms with van der Waals surface area (Å²) < 4.78 is 9.97. The Bertz CT molecular complexity index is 567. The highest BCUT2D eigenvalue weighted by atomic mass is 35.5. The predicted octanol–water partition coefficient (Wildman–Crippen LogP) is 3.47. The van der Waals surface area contributed by atoms with Crippen LogP contribution in [0, 0.1) is 0 Å². The smallest absolute Gasteiger partial charge is 0.399 e. The molecule has 0 aliphatic rings. The van der Waals surface area contributed by atoms with Crippen molar-refractivity contribution in [1.29, 1.82) is 0 Å². The number of benzene rings is 1. The number of carboxylic acid groups (broad SMARTS) is 1. The van der Waals surface area contributed by atoms with Gasteiger partial charge in [0.1, 0.15) is 11.3 Å². The highest BCUT2D eigenvalue weighted by molar-refractivity contribution is 6.42. The fourth-order valence-corrected chi connectivity index (χ4v) is 1.39. The lowest BCUT2D eigenvalue weighted by atomic mass is 10.3. The Balaban J connectivity index is 2.25. The third-order valence-corrected chi connectivity index (χ3v) is 2.62. The maximum absolute atomic E-state index is 10.6. The van der Waals surface area contributed by atoms with Crippen LogP contribution in [0.25, 0.3) is 0 Å². The van der Waals surface area contributed by atoms with Gasteiger partial charge in [0.15, 0.2) is 11.4 Å². The molecule has 0 atom stereocenters. The number of aromatic carboxylic acids is 1. The summed E-state index contributed by atoms with van der Waals surface area (Å²) in [6, 6.07) is 4.78. The van der Waals surface area contributed by atoms with Crippen molar-refractivity contribution in [3.63, 3.8) is 0 Å². The molecular formula is C10H5Cl2NO4. The molecule has 0 aliphatic heterocycles. The fourth-order valence-electron chi connectivity index (χ4n) is 1.06. The van der Waals surface area contributed by atoms with Crippen LogP contribution in [0.5, 0.6) is 11.8 Å². The molecule has 1 aromatic heterocycles. The van der Waals surface area contributed by atoms with Crippen LogP contribution in [0.4, 0.5) is 0 Å². The van der Waals surface area contributed by atoms with Gasteiger partial charge in [-0.25, -0.2) is 4.79 Å². The molecule has 88 valence electrons. The van der Waals surface area contributed by atoms with Gasteiger partial charge in [0.05, 0.1) is 5.02 Å². The Morgan fingerprint density at radius 1 is 1.41 bits per heavy atom. The van der Waals surface area contributed by atoms with Gasteiger partial charge >= 0.3 is 12.0 Å². The van der Waals surface area contributed by atoms with Crippen molar-refractivity contribution < 1.29 is 19.1 Å². The maximum atomic E-state index is 10.6. The Morgan fingerprint density at radius 3 is 2.82 bits per heavy atom. The van der Waals surface area contributed by atoms with Crippen LogP contribution in [0.1, 0.15) is 10.5 Å². The maximum Gasteiger partial charge on any atom is 0.399 e. The van der Waals surface area contributed by atoms with Crippen LogP contribution in [0.2, 0.25) is 10.0 Å². The molecule has 2 rings (SSSR count). The molecule has 1 heterocycles. The number of hydrogen-bond donors (Lipinski definition) is 1. The molecule has 7 heteroatoms. The fraction of sp³-hybridized carbons (Fsp3) is 0. The van der Waals surface area contributed by atoms with E-state index in [0.717, 1.165) is 6.26 Å². The monoisotopic (exact) mass is 273 g/mol. The van der Waals surface area contributed by atoms with Crippen LogP contribution in [0.3, 0.4) is 0 Å². The van der Waals surface area contributed by atoms with Gasteiger partial charge in [-0.15, -0.1) is 0 Å². The molecule has 2 aromatic rings. The highest BCUT2D eigenvalue weighted by Gasteiger charge is 2.14. The summed E-state index contributed by atoms with van der Waals surface area (Å²) in [5, 5.41) is 9.15. The van der Waals surface area contributed by atoms with E-state index in [4.69, 9.17) is 37.5 Å². The van der Waals surface area contributed by atoms with Gasteiger partial charge in [0.25, 0.3) is 0 Å². The van der Waals surface area contributed by atoms with Gasteiger partial charge in [-0.05, 0) is 12.1 Å². The van der Waals surface area contributed by atoms with Crippen LogP contribution >= 0.6 is 23.2 Å². The number of ether oxygens (including phenoxy) is 1. The van der Waals surface area contributed by atoms with Gasteiger partial charge in [-0.3, -0.25) is 0 Å². The van der Waals surface area contributed by atoms with E-state index in [0.29, 0.717) is 5.02 Å². The zero-order valence-electron chi connectivity index (χ0n) is 8.18. The summed E-state index contributed by atoms with van der Waals surface area (Å²) in [4.78, 5) is 14.1. The van der Waals surface area contributed by atoms with Gasteiger partial charge in [0, 0.05) is 0 Å². The number of halogens is 2. The minimum atomic E-state index is -1.21. The predicted molar refractivity (Wildman–Crippen MR) is 60.0 cm³/mol. The normalized spacial score (nSPS) is 10.2. The first kappa shape index (κ1) is 11.8. The Morgan fingerprint density at radius 2 is 2.18 bits per heavy atom. The Kier molecular flexibility index (Phi) is 3.21. The number of oxazole rings is 1. The van der Waals surface area contributed by atoms with E-state index in [1.165, 1.54) is 0 Å². The van der Waals surface area contributed by atoms with Crippen molar-refractivity contribution in [1.82, 2.24) is 4.98 Å². The summed E-state index contributed by atoms with van der Waals surface area (Å²) in [6.07, 6.45) is 0.752. The Hall–Kier alpha value is -1.72. The van der Waals surface area contributed by atoms with Crippen molar-refractivity contribution in [3.8, 4) is 11.8 Å². The SMILES string of the molecule is O=C(O)c1coc(Oc2cccc(Cl)c2Cl)n1. The first-order chi connectivity index (χ1) is 8.08. The average Bonchev–Trinajstić information content (AvgIpc) is 2.73. The molecule has 0 bridgehead atoms. The average molecular weight is 274 g/mol. The van der Waals surface area contributed by atoms with E-state index < -0.39 is 5.97 Å². The van der Waals surface area contributed by atoms with E-state index in [1.54, 1.807) is 18.2 Å². The van der Waals surface area contributed by atoms with Crippen molar-refractivity contribution in [2.45, 2.75) is 0 Å². The van der Waals surface area contributed by atoms with Crippen LogP contribution in [0.15, 0.2) is 28.9 Å². The molecular weight excluding hydrogens is 269 g/mol. The number of hydrogen-bond acceptors (Lipinski definition) is 4. The zero-order chi connectivity index (χ0) is 12.4. The minimum Gasteiger partial charge on any atom is -0.476 e. The quantitative estimate of drug-likeness (QED) is 0.927. The van der Waals surface area contributed by atoms with E-state index >= 15 is 0 Å². The van der Waals surface area contributed by atoms with Gasteiger partial charge in [-0.2, -0.15) is 4.98 Å². The third kappa shape index (κ3) is 2.51.